The van der Waals surface area contributed by atoms with Gasteiger partial charge in [-0.05, 0) is 6.07 Å². The number of benzene rings is 1. The lowest BCUT2D eigenvalue weighted by Gasteiger charge is -2.05. The molecule has 0 bridgehead atoms. The molecule has 1 aromatic rings. The van der Waals surface area contributed by atoms with Crippen LogP contribution in [0.25, 0.3) is 0 Å². The number of aliphatic carboxylic acids is 1. The minimum Gasteiger partial charge on any atom is -0.489 e. The number of carbonyl (C=O) groups is 1. The first-order valence-corrected chi connectivity index (χ1v) is 4.39. The van der Waals surface area contributed by atoms with E-state index in [0.29, 0.717) is 0 Å². The van der Waals surface area contributed by atoms with Gasteiger partial charge in [-0.2, -0.15) is 4.39 Å². The summed E-state index contributed by atoms with van der Waals surface area (Å²) in [6, 6.07) is 2.93. The van der Waals surface area contributed by atoms with Crippen molar-refractivity contribution in [1.29, 1.82) is 0 Å². The van der Waals surface area contributed by atoms with E-state index in [-0.39, 0.29) is 17.9 Å². The fraction of sp³-hybridized carbons (Fsp3) is 0.100. The van der Waals surface area contributed by atoms with Gasteiger partial charge in [0.15, 0.2) is 0 Å². The third kappa shape index (κ3) is 3.26. The molecule has 1 N–H and O–H groups in total. The SMILES string of the molecule is C=C(COc1ccc([N+](=O)[O-])c(F)c1)C(=O)O. The Hall–Kier alpha value is -2.44. The summed E-state index contributed by atoms with van der Waals surface area (Å²) in [6.07, 6.45) is 0. The number of ether oxygens (including phenoxy) is 1. The molecule has 0 aliphatic rings. The Morgan fingerprint density at radius 2 is 2.24 bits per heavy atom. The Bertz CT molecular complexity index is 486. The van der Waals surface area contributed by atoms with E-state index in [1.807, 2.05) is 0 Å². The van der Waals surface area contributed by atoms with Crippen molar-refractivity contribution in [2.75, 3.05) is 6.61 Å². The van der Waals surface area contributed by atoms with Crippen LogP contribution in [0.15, 0.2) is 30.4 Å². The van der Waals surface area contributed by atoms with Crippen LogP contribution in [0.3, 0.4) is 0 Å². The van der Waals surface area contributed by atoms with E-state index in [1.165, 1.54) is 6.07 Å². The third-order valence-electron chi connectivity index (χ3n) is 1.83. The van der Waals surface area contributed by atoms with E-state index in [9.17, 15) is 19.3 Å². The molecule has 0 unspecified atom stereocenters. The lowest BCUT2D eigenvalue weighted by molar-refractivity contribution is -0.387. The molecule has 0 radical (unpaired) electrons. The fourth-order valence-corrected chi connectivity index (χ4v) is 0.958. The first kappa shape index (κ1) is 12.6. The lowest BCUT2D eigenvalue weighted by Crippen LogP contribution is -2.09. The molecule has 0 saturated carbocycles. The molecular formula is C10H8FNO5. The Kier molecular flexibility index (Phi) is 3.76. The van der Waals surface area contributed by atoms with Gasteiger partial charge < -0.3 is 9.84 Å². The smallest absolute Gasteiger partial charge is 0.334 e. The summed E-state index contributed by atoms with van der Waals surface area (Å²) in [5, 5.41) is 18.8. The predicted molar refractivity (Wildman–Crippen MR) is 55.3 cm³/mol. The molecule has 0 amide bonds. The maximum Gasteiger partial charge on any atom is 0.334 e. The quantitative estimate of drug-likeness (QED) is 0.482. The van der Waals surface area contributed by atoms with Crippen molar-refractivity contribution >= 4 is 11.7 Å². The molecule has 0 saturated heterocycles. The van der Waals surface area contributed by atoms with Crippen molar-refractivity contribution in [2.45, 2.75) is 0 Å². The molecule has 0 aliphatic heterocycles. The van der Waals surface area contributed by atoms with Gasteiger partial charge >= 0.3 is 11.7 Å². The molecule has 1 rings (SSSR count). The molecule has 0 aromatic heterocycles. The zero-order valence-electron chi connectivity index (χ0n) is 8.55. The number of hydrogen-bond acceptors (Lipinski definition) is 4. The molecule has 0 spiro atoms. The van der Waals surface area contributed by atoms with Gasteiger partial charge in [0.1, 0.15) is 12.4 Å². The van der Waals surface area contributed by atoms with Gasteiger partial charge in [-0.25, -0.2) is 4.79 Å². The van der Waals surface area contributed by atoms with Crippen LogP contribution in [0, 0.1) is 15.9 Å². The second-order valence-corrected chi connectivity index (χ2v) is 3.07. The van der Waals surface area contributed by atoms with E-state index >= 15 is 0 Å². The summed E-state index contributed by atoms with van der Waals surface area (Å²) in [5.74, 6) is -2.28. The van der Waals surface area contributed by atoms with E-state index in [2.05, 4.69) is 6.58 Å². The van der Waals surface area contributed by atoms with E-state index in [0.717, 1.165) is 12.1 Å². The number of hydrogen-bond donors (Lipinski definition) is 1. The Labute approximate surface area is 95.1 Å². The predicted octanol–water partition coefficient (Wildman–Crippen LogP) is 1.75. The summed E-state index contributed by atoms with van der Waals surface area (Å²) in [5.41, 5.74) is -0.877. The number of carboxylic acid groups (broad SMARTS) is 1. The number of nitrogens with zero attached hydrogens (tertiary/aromatic N) is 1. The minimum atomic E-state index is -1.23. The highest BCUT2D eigenvalue weighted by molar-refractivity contribution is 5.86. The lowest BCUT2D eigenvalue weighted by atomic mass is 10.3. The highest BCUT2D eigenvalue weighted by atomic mass is 19.1. The monoisotopic (exact) mass is 241 g/mol. The number of carboxylic acids is 1. The average Bonchev–Trinajstić information content (AvgIpc) is 2.25. The standard InChI is InChI=1S/C10H8FNO5/c1-6(10(13)14)5-17-7-2-3-9(12(15)16)8(11)4-7/h2-4H,1,5H2,(H,13,14). The van der Waals surface area contributed by atoms with Crippen LogP contribution in [0.1, 0.15) is 0 Å². The molecule has 17 heavy (non-hydrogen) atoms. The summed E-state index contributed by atoms with van der Waals surface area (Å²) < 4.78 is 18.0. The van der Waals surface area contributed by atoms with Gasteiger partial charge in [0.2, 0.25) is 5.82 Å². The molecular weight excluding hydrogens is 233 g/mol. The van der Waals surface area contributed by atoms with E-state index < -0.39 is 22.4 Å². The van der Waals surface area contributed by atoms with Gasteiger partial charge in [-0.1, -0.05) is 6.58 Å². The third-order valence-corrected chi connectivity index (χ3v) is 1.83. The first-order chi connectivity index (χ1) is 7.91. The Balaban J connectivity index is 2.75. The van der Waals surface area contributed by atoms with Crippen LogP contribution < -0.4 is 4.74 Å². The van der Waals surface area contributed by atoms with Gasteiger partial charge in [-0.15, -0.1) is 0 Å². The van der Waals surface area contributed by atoms with Crippen LogP contribution in [0.5, 0.6) is 5.75 Å². The second kappa shape index (κ2) is 5.06. The Morgan fingerprint density at radius 3 is 2.71 bits per heavy atom. The zero-order valence-corrected chi connectivity index (χ0v) is 8.55. The topological polar surface area (TPSA) is 89.7 Å². The highest BCUT2D eigenvalue weighted by Crippen LogP contribution is 2.22. The van der Waals surface area contributed by atoms with Crippen LogP contribution in [0.2, 0.25) is 0 Å². The van der Waals surface area contributed by atoms with Crippen molar-refractivity contribution < 1.29 is 24.0 Å². The fourth-order valence-electron chi connectivity index (χ4n) is 0.958. The van der Waals surface area contributed by atoms with Crippen LogP contribution in [-0.4, -0.2) is 22.6 Å². The molecule has 0 aliphatic carbocycles. The average molecular weight is 241 g/mol. The summed E-state index contributed by atoms with van der Waals surface area (Å²) in [6.45, 7) is 2.88. The zero-order chi connectivity index (χ0) is 13.0. The number of halogens is 1. The van der Waals surface area contributed by atoms with Crippen LogP contribution >= 0.6 is 0 Å². The van der Waals surface area contributed by atoms with Gasteiger partial charge in [-0.3, -0.25) is 10.1 Å². The maximum atomic E-state index is 13.1. The second-order valence-electron chi connectivity index (χ2n) is 3.07. The molecule has 90 valence electrons. The Morgan fingerprint density at radius 1 is 1.59 bits per heavy atom. The molecule has 0 heterocycles. The van der Waals surface area contributed by atoms with E-state index in [1.54, 1.807) is 0 Å². The molecule has 7 heteroatoms. The highest BCUT2D eigenvalue weighted by Gasteiger charge is 2.14. The largest absolute Gasteiger partial charge is 0.489 e. The number of nitro groups is 1. The number of nitro benzene ring substituents is 1. The normalized spacial score (nSPS) is 9.71. The van der Waals surface area contributed by atoms with Crippen molar-refractivity contribution in [3.05, 3.63) is 46.3 Å². The van der Waals surface area contributed by atoms with Crippen molar-refractivity contribution in [3.8, 4) is 5.75 Å². The van der Waals surface area contributed by atoms with Crippen molar-refractivity contribution in [3.63, 3.8) is 0 Å². The molecule has 0 atom stereocenters. The summed E-state index contributed by atoms with van der Waals surface area (Å²) in [4.78, 5) is 19.8. The first-order valence-electron chi connectivity index (χ1n) is 4.39. The number of rotatable bonds is 5. The molecule has 0 fully saturated rings. The minimum absolute atomic E-state index is 0.00417. The van der Waals surface area contributed by atoms with Gasteiger partial charge in [0, 0.05) is 12.1 Å². The maximum absolute atomic E-state index is 13.1. The summed E-state index contributed by atoms with van der Waals surface area (Å²) in [7, 11) is 0. The van der Waals surface area contributed by atoms with Crippen molar-refractivity contribution in [1.82, 2.24) is 0 Å². The van der Waals surface area contributed by atoms with Crippen molar-refractivity contribution in [2.24, 2.45) is 0 Å². The van der Waals surface area contributed by atoms with Gasteiger partial charge in [0.05, 0.1) is 10.5 Å². The summed E-state index contributed by atoms with van der Waals surface area (Å²) >= 11 is 0. The van der Waals surface area contributed by atoms with Crippen LogP contribution in [0.4, 0.5) is 10.1 Å². The van der Waals surface area contributed by atoms with Crippen LogP contribution in [-0.2, 0) is 4.79 Å². The van der Waals surface area contributed by atoms with Gasteiger partial charge in [0.25, 0.3) is 0 Å². The molecule has 6 nitrogen and oxygen atoms in total. The molecule has 1 aromatic carbocycles. The van der Waals surface area contributed by atoms with E-state index in [4.69, 9.17) is 9.84 Å².